The van der Waals surface area contributed by atoms with Gasteiger partial charge in [0.2, 0.25) is 11.1 Å². The van der Waals surface area contributed by atoms with E-state index in [9.17, 15) is 19.9 Å². The Morgan fingerprint density at radius 1 is 1.00 bits per heavy atom. The third-order valence-electron chi connectivity index (χ3n) is 5.57. The van der Waals surface area contributed by atoms with Crippen molar-refractivity contribution in [2.24, 2.45) is 0 Å². The molecular weight excluding hydrogens is 410 g/mol. The van der Waals surface area contributed by atoms with Crippen molar-refractivity contribution in [1.29, 1.82) is 5.53 Å². The lowest BCUT2D eigenvalue weighted by molar-refractivity contribution is -0.465. The lowest BCUT2D eigenvalue weighted by Gasteiger charge is -2.45. The number of amides is 1. The van der Waals surface area contributed by atoms with E-state index in [-0.39, 0.29) is 29.0 Å². The molecule has 9 heteroatoms. The number of fused-ring (bicyclic) bond motifs is 1. The van der Waals surface area contributed by atoms with Crippen LogP contribution >= 0.6 is 0 Å². The molecule has 2 N–H and O–H groups in total. The van der Waals surface area contributed by atoms with Crippen molar-refractivity contribution >= 4 is 11.6 Å². The van der Waals surface area contributed by atoms with E-state index in [1.807, 2.05) is 49.2 Å². The summed E-state index contributed by atoms with van der Waals surface area (Å²) in [6, 6.07) is 16.9. The summed E-state index contributed by atoms with van der Waals surface area (Å²) in [4.78, 5) is 26.9. The Balaban J connectivity index is 1.93. The summed E-state index contributed by atoms with van der Waals surface area (Å²) in [6.45, 7) is 3.94. The fourth-order valence-corrected chi connectivity index (χ4v) is 3.92. The van der Waals surface area contributed by atoms with Crippen LogP contribution in [0.1, 0.15) is 41.5 Å². The van der Waals surface area contributed by atoms with Crippen molar-refractivity contribution in [1.82, 2.24) is 9.58 Å². The third kappa shape index (κ3) is 3.58. The quantitative estimate of drug-likeness (QED) is 0.364. The number of carbonyl (C=O) groups is 1. The predicted octanol–water partition coefficient (Wildman–Crippen LogP) is 3.28. The van der Waals surface area contributed by atoms with Crippen molar-refractivity contribution in [2.75, 3.05) is 11.7 Å². The number of hydrogen-bond acceptors (Lipinski definition) is 6. The Hall–Kier alpha value is -4.14. The molecule has 164 valence electrons. The highest BCUT2D eigenvalue weighted by Gasteiger charge is 2.37. The van der Waals surface area contributed by atoms with E-state index in [4.69, 9.17) is 5.53 Å². The molecule has 0 aliphatic carbocycles. The number of hydrogen-bond donors (Lipinski definition) is 2. The summed E-state index contributed by atoms with van der Waals surface area (Å²) in [7, 11) is 0. The second kappa shape index (κ2) is 8.18. The van der Waals surface area contributed by atoms with Gasteiger partial charge in [-0.25, -0.2) is 0 Å². The van der Waals surface area contributed by atoms with Crippen LogP contribution in [0.4, 0.5) is 5.69 Å². The molecule has 9 nitrogen and oxygen atoms in total. The van der Waals surface area contributed by atoms with Gasteiger partial charge in [-0.05, 0) is 42.6 Å². The molecule has 1 atom stereocenters. The van der Waals surface area contributed by atoms with Gasteiger partial charge in [0, 0.05) is 30.4 Å². The first kappa shape index (κ1) is 21.1. The van der Waals surface area contributed by atoms with E-state index in [0.717, 1.165) is 11.1 Å². The van der Waals surface area contributed by atoms with Crippen molar-refractivity contribution < 1.29 is 14.8 Å². The fraction of sp³-hybridized carbons (Fsp3) is 0.217. The van der Waals surface area contributed by atoms with Crippen molar-refractivity contribution in [3.8, 4) is 5.75 Å². The van der Waals surface area contributed by atoms with E-state index >= 15 is 0 Å². The molecule has 0 saturated carbocycles. The summed E-state index contributed by atoms with van der Waals surface area (Å²) < 4.78 is 1.52. The SMILES string of the molecule is CC(C)N1CN(C(c2ccccc2)c2ccc([N+](=N)[O-])cc2)n2ccc(=O)c(O)c2C1=O. The number of aromatic nitrogens is 1. The molecule has 2 heterocycles. The molecule has 4 rings (SSSR count). The number of rotatable bonds is 5. The zero-order chi connectivity index (χ0) is 23.0. The van der Waals surface area contributed by atoms with Crippen LogP contribution in [0, 0.1) is 10.7 Å². The number of nitrogens with one attached hydrogen (secondary N) is 1. The minimum atomic E-state index is -0.623. The molecule has 1 amide bonds. The molecule has 0 radical (unpaired) electrons. The molecule has 2 aromatic carbocycles. The third-order valence-corrected chi connectivity index (χ3v) is 5.57. The highest BCUT2D eigenvalue weighted by atomic mass is 16.5. The first-order chi connectivity index (χ1) is 15.3. The summed E-state index contributed by atoms with van der Waals surface area (Å²) >= 11 is 0. The highest BCUT2D eigenvalue weighted by Crippen LogP contribution is 2.33. The lowest BCUT2D eigenvalue weighted by atomic mass is 9.97. The Kier molecular flexibility index (Phi) is 5.40. The van der Waals surface area contributed by atoms with Crippen LogP contribution in [0.15, 0.2) is 71.7 Å². The van der Waals surface area contributed by atoms with Gasteiger partial charge < -0.3 is 15.2 Å². The van der Waals surface area contributed by atoms with Gasteiger partial charge in [-0.15, -0.1) is 0 Å². The van der Waals surface area contributed by atoms with E-state index in [0.29, 0.717) is 0 Å². The van der Waals surface area contributed by atoms with Gasteiger partial charge >= 0.3 is 0 Å². The molecule has 1 aliphatic rings. The average Bonchev–Trinajstić information content (AvgIpc) is 2.78. The molecule has 0 fully saturated rings. The molecule has 1 aromatic heterocycles. The summed E-state index contributed by atoms with van der Waals surface area (Å²) in [5.74, 6) is -1.02. The van der Waals surface area contributed by atoms with Gasteiger partial charge in [-0.3, -0.25) is 19.3 Å². The standard InChI is InChI=1S/C23H23N5O4/c1-15(2)25-14-27(26-13-12-19(29)22(30)21(26)23(25)31)20(16-6-4-3-5-7-16)17-8-10-18(11-9-17)28(24)32/h3-13,15,20,24,30H,14H2,1-2H3. The molecule has 0 bridgehead atoms. The molecule has 3 aromatic rings. The van der Waals surface area contributed by atoms with Crippen molar-refractivity contribution in [3.63, 3.8) is 0 Å². The Bertz CT molecular complexity index is 1220. The van der Waals surface area contributed by atoms with Gasteiger partial charge in [0.25, 0.3) is 5.91 Å². The maximum Gasteiger partial charge on any atom is 0.278 e. The maximum atomic E-state index is 13.1. The maximum absolute atomic E-state index is 13.1. The highest BCUT2D eigenvalue weighted by molar-refractivity contribution is 5.96. The largest absolute Gasteiger partial charge is 0.594 e. The van der Waals surface area contributed by atoms with Gasteiger partial charge in [-0.1, -0.05) is 35.2 Å². The van der Waals surface area contributed by atoms with Crippen LogP contribution in [0.2, 0.25) is 0 Å². The van der Waals surface area contributed by atoms with E-state index in [1.165, 1.54) is 16.9 Å². The molecule has 1 unspecified atom stereocenters. The predicted molar refractivity (Wildman–Crippen MR) is 117 cm³/mol. The molecular formula is C23H23N5O4. The number of aromatic hydroxyl groups is 1. The second-order valence-corrected chi connectivity index (χ2v) is 7.87. The number of pyridine rings is 1. The second-order valence-electron chi connectivity index (χ2n) is 7.87. The Labute approximate surface area is 184 Å². The van der Waals surface area contributed by atoms with Crippen molar-refractivity contribution in [2.45, 2.75) is 25.9 Å². The molecule has 0 spiro atoms. The zero-order valence-electron chi connectivity index (χ0n) is 17.7. The zero-order valence-corrected chi connectivity index (χ0v) is 17.7. The van der Waals surface area contributed by atoms with Gasteiger partial charge in [-0.2, -0.15) is 0 Å². The van der Waals surface area contributed by atoms with E-state index in [2.05, 4.69) is 0 Å². The van der Waals surface area contributed by atoms with Crippen LogP contribution in [0.5, 0.6) is 5.75 Å². The van der Waals surface area contributed by atoms with Crippen LogP contribution in [-0.2, 0) is 0 Å². The summed E-state index contributed by atoms with van der Waals surface area (Å²) in [5.41, 5.74) is 8.45. The lowest BCUT2D eigenvalue weighted by Crippen LogP contribution is -2.57. The van der Waals surface area contributed by atoms with Crippen LogP contribution in [-0.4, -0.2) is 38.2 Å². The Morgan fingerprint density at radius 3 is 2.22 bits per heavy atom. The van der Waals surface area contributed by atoms with Crippen LogP contribution in [0.3, 0.4) is 0 Å². The van der Waals surface area contributed by atoms with Gasteiger partial charge in [0.1, 0.15) is 6.67 Å². The first-order valence-electron chi connectivity index (χ1n) is 10.2. The topological polar surface area (TPSA) is 116 Å². The van der Waals surface area contributed by atoms with E-state index < -0.39 is 23.1 Å². The number of nitrogens with zero attached hydrogens (tertiary/aromatic N) is 4. The van der Waals surface area contributed by atoms with Crippen molar-refractivity contribution in [3.05, 3.63) is 99.1 Å². The molecule has 32 heavy (non-hydrogen) atoms. The minimum absolute atomic E-state index is 0.0409. The smallest absolute Gasteiger partial charge is 0.278 e. The normalized spacial score (nSPS) is 14.4. The number of benzene rings is 2. The fourth-order valence-electron chi connectivity index (χ4n) is 3.92. The Morgan fingerprint density at radius 2 is 1.62 bits per heavy atom. The molecule has 0 saturated heterocycles. The minimum Gasteiger partial charge on any atom is -0.594 e. The first-order valence-corrected chi connectivity index (χ1v) is 10.2. The van der Waals surface area contributed by atoms with Gasteiger partial charge in [0.05, 0.1) is 6.04 Å². The van der Waals surface area contributed by atoms with Gasteiger partial charge in [0.15, 0.2) is 11.4 Å². The van der Waals surface area contributed by atoms with E-state index in [1.54, 1.807) is 29.2 Å². The monoisotopic (exact) mass is 433 g/mol. The molecule has 1 aliphatic heterocycles. The summed E-state index contributed by atoms with van der Waals surface area (Å²) in [5, 5.41) is 23.7. The van der Waals surface area contributed by atoms with Crippen LogP contribution < -0.4 is 10.4 Å². The average molecular weight is 433 g/mol. The van der Waals surface area contributed by atoms with Crippen LogP contribution in [0.25, 0.3) is 0 Å². The summed E-state index contributed by atoms with van der Waals surface area (Å²) in [6.07, 6.45) is 1.49. The number of carbonyl (C=O) groups excluding carboxylic acids is 1.